The van der Waals surface area contributed by atoms with Crippen molar-refractivity contribution in [2.75, 3.05) is 29.9 Å². The Kier molecular flexibility index (Phi) is 4.96. The molecule has 0 amide bonds. The molecule has 5 heteroatoms. The zero-order valence-electron chi connectivity index (χ0n) is 12.0. The monoisotopic (exact) mass is 263 g/mol. The molecule has 1 atom stereocenters. The van der Waals surface area contributed by atoms with Crippen LogP contribution in [0.15, 0.2) is 6.07 Å². The van der Waals surface area contributed by atoms with Crippen LogP contribution in [0.3, 0.4) is 0 Å². The van der Waals surface area contributed by atoms with Crippen molar-refractivity contribution in [3.63, 3.8) is 0 Å². The number of hydrogen-bond donors (Lipinski definition) is 2. The first-order valence-corrected chi connectivity index (χ1v) is 7.31. The van der Waals surface area contributed by atoms with Gasteiger partial charge in [0.25, 0.3) is 0 Å². The van der Waals surface area contributed by atoms with E-state index in [9.17, 15) is 0 Å². The van der Waals surface area contributed by atoms with Crippen molar-refractivity contribution < 1.29 is 0 Å². The summed E-state index contributed by atoms with van der Waals surface area (Å²) in [5.74, 6) is 2.75. The van der Waals surface area contributed by atoms with E-state index in [1.165, 1.54) is 12.8 Å². The molecule has 1 aromatic heterocycles. The van der Waals surface area contributed by atoms with Gasteiger partial charge in [0, 0.05) is 31.7 Å². The number of nitrogens with one attached hydrogen (secondary N) is 1. The maximum absolute atomic E-state index is 5.89. The van der Waals surface area contributed by atoms with Crippen molar-refractivity contribution in [2.45, 2.75) is 45.6 Å². The molecule has 0 spiro atoms. The van der Waals surface area contributed by atoms with E-state index in [1.807, 2.05) is 6.92 Å². The number of rotatable bonds is 5. The predicted octanol–water partition coefficient (Wildman–Crippen LogP) is 1.92. The largest absolute Gasteiger partial charge is 0.370 e. The van der Waals surface area contributed by atoms with E-state index in [4.69, 9.17) is 5.73 Å². The van der Waals surface area contributed by atoms with Crippen molar-refractivity contribution in [1.82, 2.24) is 9.97 Å². The SMILES string of the molecule is CCCNc1cc(N2CCCCC2CN)nc(C)n1. The van der Waals surface area contributed by atoms with Crippen LogP contribution in [0, 0.1) is 6.92 Å². The fourth-order valence-corrected chi connectivity index (χ4v) is 2.59. The zero-order chi connectivity index (χ0) is 13.7. The Balaban J connectivity index is 2.19. The third-order valence-electron chi connectivity index (χ3n) is 3.57. The molecule has 0 saturated carbocycles. The van der Waals surface area contributed by atoms with Crippen molar-refractivity contribution in [3.8, 4) is 0 Å². The van der Waals surface area contributed by atoms with Gasteiger partial charge >= 0.3 is 0 Å². The van der Waals surface area contributed by atoms with E-state index < -0.39 is 0 Å². The van der Waals surface area contributed by atoms with Crippen LogP contribution in [0.2, 0.25) is 0 Å². The maximum atomic E-state index is 5.89. The standard InChI is InChI=1S/C14H25N5/c1-3-7-16-13-9-14(18-11(2)17-13)19-8-5-4-6-12(19)10-15/h9,12H,3-8,10,15H2,1-2H3,(H,16,17,18). The fourth-order valence-electron chi connectivity index (χ4n) is 2.59. The molecular weight excluding hydrogens is 238 g/mol. The Morgan fingerprint density at radius 1 is 1.42 bits per heavy atom. The van der Waals surface area contributed by atoms with Gasteiger partial charge in [-0.2, -0.15) is 0 Å². The Morgan fingerprint density at radius 3 is 3.00 bits per heavy atom. The highest BCUT2D eigenvalue weighted by molar-refractivity contribution is 5.50. The van der Waals surface area contributed by atoms with E-state index >= 15 is 0 Å². The van der Waals surface area contributed by atoms with Crippen LogP contribution < -0.4 is 16.0 Å². The second kappa shape index (κ2) is 6.70. The zero-order valence-corrected chi connectivity index (χ0v) is 12.0. The first-order valence-electron chi connectivity index (χ1n) is 7.31. The van der Waals surface area contributed by atoms with Gasteiger partial charge in [-0.05, 0) is 32.6 Å². The van der Waals surface area contributed by atoms with Crippen LogP contribution in [0.25, 0.3) is 0 Å². The third kappa shape index (κ3) is 3.56. The molecule has 1 saturated heterocycles. The Labute approximate surface area is 115 Å². The van der Waals surface area contributed by atoms with Gasteiger partial charge < -0.3 is 16.0 Å². The average molecular weight is 263 g/mol. The minimum absolute atomic E-state index is 0.419. The molecule has 3 N–H and O–H groups in total. The smallest absolute Gasteiger partial charge is 0.134 e. The van der Waals surface area contributed by atoms with Gasteiger partial charge in [-0.1, -0.05) is 6.92 Å². The van der Waals surface area contributed by atoms with Crippen LogP contribution in [-0.4, -0.2) is 35.6 Å². The minimum atomic E-state index is 0.419. The van der Waals surface area contributed by atoms with Crippen LogP contribution >= 0.6 is 0 Å². The molecule has 5 nitrogen and oxygen atoms in total. The summed E-state index contributed by atoms with van der Waals surface area (Å²) in [4.78, 5) is 11.4. The Bertz CT molecular complexity index is 407. The molecular formula is C14H25N5. The average Bonchev–Trinajstić information content (AvgIpc) is 2.44. The maximum Gasteiger partial charge on any atom is 0.134 e. The molecule has 2 rings (SSSR count). The normalized spacial score (nSPS) is 19.5. The molecule has 0 bridgehead atoms. The molecule has 0 radical (unpaired) electrons. The summed E-state index contributed by atoms with van der Waals surface area (Å²) < 4.78 is 0. The van der Waals surface area contributed by atoms with Crippen molar-refractivity contribution in [1.29, 1.82) is 0 Å². The number of aryl methyl sites for hydroxylation is 1. The highest BCUT2D eigenvalue weighted by Crippen LogP contribution is 2.24. The number of nitrogens with zero attached hydrogens (tertiary/aromatic N) is 3. The fraction of sp³-hybridized carbons (Fsp3) is 0.714. The first-order chi connectivity index (χ1) is 9.24. The molecule has 1 unspecified atom stereocenters. The highest BCUT2D eigenvalue weighted by atomic mass is 15.2. The van der Waals surface area contributed by atoms with Gasteiger partial charge in [-0.15, -0.1) is 0 Å². The molecule has 1 aromatic rings. The lowest BCUT2D eigenvalue weighted by molar-refractivity contribution is 0.461. The summed E-state index contributed by atoms with van der Waals surface area (Å²) in [6, 6.07) is 2.47. The van der Waals surface area contributed by atoms with Crippen LogP contribution in [0.1, 0.15) is 38.4 Å². The van der Waals surface area contributed by atoms with E-state index in [0.29, 0.717) is 12.6 Å². The number of anilines is 2. The van der Waals surface area contributed by atoms with Gasteiger partial charge in [0.1, 0.15) is 17.5 Å². The molecule has 1 aliphatic rings. The lowest BCUT2D eigenvalue weighted by atomic mass is 10.0. The molecule has 1 aliphatic heterocycles. The van der Waals surface area contributed by atoms with Crippen LogP contribution in [-0.2, 0) is 0 Å². The predicted molar refractivity (Wildman–Crippen MR) is 79.6 cm³/mol. The Hall–Kier alpha value is -1.36. The lowest BCUT2D eigenvalue weighted by Crippen LogP contribution is -2.44. The number of hydrogen-bond acceptors (Lipinski definition) is 5. The van der Waals surface area contributed by atoms with E-state index in [0.717, 1.165) is 43.4 Å². The summed E-state index contributed by atoms with van der Waals surface area (Å²) in [5, 5.41) is 3.34. The molecule has 0 aromatic carbocycles. The summed E-state index contributed by atoms with van der Waals surface area (Å²) >= 11 is 0. The van der Waals surface area contributed by atoms with Gasteiger partial charge in [0.05, 0.1) is 0 Å². The van der Waals surface area contributed by atoms with Gasteiger partial charge in [-0.3, -0.25) is 0 Å². The number of piperidine rings is 1. The molecule has 106 valence electrons. The molecule has 19 heavy (non-hydrogen) atoms. The summed E-state index contributed by atoms with van der Waals surface area (Å²) in [7, 11) is 0. The van der Waals surface area contributed by atoms with Gasteiger partial charge in [0.2, 0.25) is 0 Å². The van der Waals surface area contributed by atoms with E-state index in [1.54, 1.807) is 0 Å². The topological polar surface area (TPSA) is 67.1 Å². The van der Waals surface area contributed by atoms with E-state index in [-0.39, 0.29) is 0 Å². The van der Waals surface area contributed by atoms with Crippen molar-refractivity contribution in [2.24, 2.45) is 5.73 Å². The van der Waals surface area contributed by atoms with E-state index in [2.05, 4.69) is 33.2 Å². The van der Waals surface area contributed by atoms with Crippen LogP contribution in [0.4, 0.5) is 11.6 Å². The second-order valence-electron chi connectivity index (χ2n) is 5.16. The third-order valence-corrected chi connectivity index (χ3v) is 3.57. The number of aromatic nitrogens is 2. The van der Waals surface area contributed by atoms with Gasteiger partial charge in [-0.25, -0.2) is 9.97 Å². The molecule has 0 aliphatic carbocycles. The Morgan fingerprint density at radius 2 is 2.26 bits per heavy atom. The molecule has 2 heterocycles. The summed E-state index contributed by atoms with van der Waals surface area (Å²) in [5.41, 5.74) is 5.89. The second-order valence-corrected chi connectivity index (χ2v) is 5.16. The van der Waals surface area contributed by atoms with Gasteiger partial charge in [0.15, 0.2) is 0 Å². The van der Waals surface area contributed by atoms with Crippen molar-refractivity contribution in [3.05, 3.63) is 11.9 Å². The van der Waals surface area contributed by atoms with Crippen molar-refractivity contribution >= 4 is 11.6 Å². The number of nitrogens with two attached hydrogens (primary N) is 1. The quantitative estimate of drug-likeness (QED) is 0.849. The highest BCUT2D eigenvalue weighted by Gasteiger charge is 2.22. The summed E-state index contributed by atoms with van der Waals surface area (Å²) in [6.07, 6.45) is 4.74. The summed E-state index contributed by atoms with van der Waals surface area (Å²) in [6.45, 7) is 6.78. The first kappa shape index (κ1) is 14.1. The van der Waals surface area contributed by atoms with Crippen LogP contribution in [0.5, 0.6) is 0 Å². The minimum Gasteiger partial charge on any atom is -0.370 e. The molecule has 1 fully saturated rings. The lowest BCUT2D eigenvalue weighted by Gasteiger charge is -2.36.